The Morgan fingerprint density at radius 1 is 1.39 bits per heavy atom. The van der Waals surface area contributed by atoms with E-state index in [1.54, 1.807) is 25.1 Å². The lowest BCUT2D eigenvalue weighted by atomic mass is 10.2. The number of halogens is 1. The van der Waals surface area contributed by atoms with Crippen molar-refractivity contribution in [1.82, 2.24) is 0 Å². The van der Waals surface area contributed by atoms with E-state index in [1.165, 1.54) is 12.1 Å². The van der Waals surface area contributed by atoms with Crippen LogP contribution < -0.4 is 5.32 Å². The first-order valence-electron chi connectivity index (χ1n) is 5.38. The molecule has 94 valence electrons. The van der Waals surface area contributed by atoms with Gasteiger partial charge in [0.25, 0.3) is 0 Å². The fourth-order valence-corrected chi connectivity index (χ4v) is 1.53. The standard InChI is InChI=1S/C13H12FNO3/c1-8-6-9(2-4-11(8)14)15-7-10-3-5-12(18-10)13(16)17/h2-6,15H,7H2,1H3,(H,16,17). The molecule has 2 rings (SSSR count). The summed E-state index contributed by atoms with van der Waals surface area (Å²) < 4.78 is 18.1. The molecule has 0 radical (unpaired) electrons. The first-order chi connectivity index (χ1) is 8.56. The zero-order chi connectivity index (χ0) is 13.1. The minimum Gasteiger partial charge on any atom is -0.475 e. The lowest BCUT2D eigenvalue weighted by molar-refractivity contribution is 0.0660. The van der Waals surface area contributed by atoms with Gasteiger partial charge in [-0.1, -0.05) is 0 Å². The quantitative estimate of drug-likeness (QED) is 0.874. The monoisotopic (exact) mass is 249 g/mol. The number of hydrogen-bond acceptors (Lipinski definition) is 3. The lowest BCUT2D eigenvalue weighted by Gasteiger charge is -2.05. The van der Waals surface area contributed by atoms with Crippen molar-refractivity contribution in [2.45, 2.75) is 13.5 Å². The first-order valence-corrected chi connectivity index (χ1v) is 5.38. The van der Waals surface area contributed by atoms with Crippen LogP contribution in [-0.4, -0.2) is 11.1 Å². The van der Waals surface area contributed by atoms with E-state index < -0.39 is 5.97 Å². The Morgan fingerprint density at radius 3 is 2.78 bits per heavy atom. The number of anilines is 1. The Hall–Kier alpha value is -2.30. The summed E-state index contributed by atoms with van der Waals surface area (Å²) in [5.41, 5.74) is 1.30. The summed E-state index contributed by atoms with van der Waals surface area (Å²) in [4.78, 5) is 10.6. The molecule has 0 saturated heterocycles. The van der Waals surface area contributed by atoms with E-state index in [1.807, 2.05) is 0 Å². The highest BCUT2D eigenvalue weighted by atomic mass is 19.1. The van der Waals surface area contributed by atoms with Crippen LogP contribution in [0.1, 0.15) is 21.9 Å². The molecule has 0 fully saturated rings. The molecule has 1 aromatic heterocycles. The fourth-order valence-electron chi connectivity index (χ4n) is 1.53. The molecule has 0 unspecified atom stereocenters. The van der Waals surface area contributed by atoms with Crippen molar-refractivity contribution < 1.29 is 18.7 Å². The van der Waals surface area contributed by atoms with Crippen LogP contribution in [0.4, 0.5) is 10.1 Å². The van der Waals surface area contributed by atoms with E-state index in [9.17, 15) is 9.18 Å². The summed E-state index contributed by atoms with van der Waals surface area (Å²) in [6.45, 7) is 2.02. The second-order valence-corrected chi connectivity index (χ2v) is 3.89. The van der Waals surface area contributed by atoms with Crippen LogP contribution in [0.5, 0.6) is 0 Å². The van der Waals surface area contributed by atoms with Gasteiger partial charge in [0.2, 0.25) is 5.76 Å². The van der Waals surface area contributed by atoms with Crippen molar-refractivity contribution in [2.24, 2.45) is 0 Å². The van der Waals surface area contributed by atoms with Gasteiger partial charge < -0.3 is 14.8 Å². The van der Waals surface area contributed by atoms with Crippen LogP contribution in [0.25, 0.3) is 0 Å². The third-order valence-electron chi connectivity index (χ3n) is 2.50. The van der Waals surface area contributed by atoms with Crippen molar-refractivity contribution in [3.05, 3.63) is 53.2 Å². The highest BCUT2D eigenvalue weighted by molar-refractivity contribution is 5.84. The molecule has 0 amide bonds. The maximum Gasteiger partial charge on any atom is 0.371 e. The molecule has 0 aliphatic heterocycles. The van der Waals surface area contributed by atoms with E-state index in [4.69, 9.17) is 9.52 Å². The number of furan rings is 1. The highest BCUT2D eigenvalue weighted by Crippen LogP contribution is 2.15. The fraction of sp³-hybridized carbons (Fsp3) is 0.154. The first kappa shape index (κ1) is 12.2. The van der Waals surface area contributed by atoms with Crippen LogP contribution in [0.15, 0.2) is 34.7 Å². The summed E-state index contributed by atoms with van der Waals surface area (Å²) in [6, 6.07) is 7.66. The van der Waals surface area contributed by atoms with Gasteiger partial charge in [0.05, 0.1) is 6.54 Å². The molecule has 5 heteroatoms. The summed E-state index contributed by atoms with van der Waals surface area (Å²) in [6.07, 6.45) is 0. The van der Waals surface area contributed by atoms with Crippen molar-refractivity contribution in [2.75, 3.05) is 5.32 Å². The molecule has 1 heterocycles. The number of carboxylic acids is 1. The average Bonchev–Trinajstić information content (AvgIpc) is 2.79. The third-order valence-corrected chi connectivity index (χ3v) is 2.50. The van der Waals surface area contributed by atoms with Gasteiger partial charge in [0.15, 0.2) is 0 Å². The van der Waals surface area contributed by atoms with Gasteiger partial charge in [-0.05, 0) is 42.8 Å². The van der Waals surface area contributed by atoms with Crippen LogP contribution >= 0.6 is 0 Å². The Labute approximate surface area is 103 Å². The molecule has 0 saturated carbocycles. The molecule has 0 spiro atoms. The molecule has 4 nitrogen and oxygen atoms in total. The summed E-state index contributed by atoms with van der Waals surface area (Å²) in [7, 11) is 0. The minimum atomic E-state index is -1.10. The maximum absolute atomic E-state index is 13.0. The van der Waals surface area contributed by atoms with Crippen LogP contribution in [0.2, 0.25) is 0 Å². The zero-order valence-corrected chi connectivity index (χ0v) is 9.74. The summed E-state index contributed by atoms with van der Waals surface area (Å²) in [5.74, 6) is -0.943. The number of carboxylic acid groups (broad SMARTS) is 1. The molecule has 18 heavy (non-hydrogen) atoms. The van der Waals surface area contributed by atoms with Gasteiger partial charge in [0, 0.05) is 5.69 Å². The van der Waals surface area contributed by atoms with Crippen LogP contribution in [0, 0.1) is 12.7 Å². The number of rotatable bonds is 4. The second kappa shape index (κ2) is 4.91. The summed E-state index contributed by atoms with van der Waals surface area (Å²) >= 11 is 0. The normalized spacial score (nSPS) is 10.3. The second-order valence-electron chi connectivity index (χ2n) is 3.89. The van der Waals surface area contributed by atoms with E-state index in [0.717, 1.165) is 5.69 Å². The van der Waals surface area contributed by atoms with Gasteiger partial charge in [0.1, 0.15) is 11.6 Å². The van der Waals surface area contributed by atoms with Crippen molar-refractivity contribution >= 4 is 11.7 Å². The van der Waals surface area contributed by atoms with Gasteiger partial charge in [-0.25, -0.2) is 9.18 Å². The number of carbonyl (C=O) groups is 1. The van der Waals surface area contributed by atoms with E-state index in [0.29, 0.717) is 17.9 Å². The Balaban J connectivity index is 2.02. The van der Waals surface area contributed by atoms with Gasteiger partial charge >= 0.3 is 5.97 Å². The predicted octanol–water partition coefficient (Wildman–Crippen LogP) is 3.04. The largest absolute Gasteiger partial charge is 0.475 e. The Morgan fingerprint density at radius 2 is 2.17 bits per heavy atom. The molecular formula is C13H12FNO3. The topological polar surface area (TPSA) is 62.5 Å². The minimum absolute atomic E-state index is 0.0953. The number of benzene rings is 1. The molecule has 0 aliphatic rings. The average molecular weight is 249 g/mol. The molecule has 2 aromatic rings. The molecule has 1 aromatic carbocycles. The van der Waals surface area contributed by atoms with Gasteiger partial charge in [-0.2, -0.15) is 0 Å². The van der Waals surface area contributed by atoms with E-state index in [2.05, 4.69) is 5.32 Å². The predicted molar refractivity (Wildman–Crippen MR) is 64.1 cm³/mol. The third kappa shape index (κ3) is 2.68. The van der Waals surface area contributed by atoms with Crippen LogP contribution in [-0.2, 0) is 6.54 Å². The zero-order valence-electron chi connectivity index (χ0n) is 9.74. The lowest BCUT2D eigenvalue weighted by Crippen LogP contribution is -1.99. The number of aryl methyl sites for hydroxylation is 1. The molecule has 0 bridgehead atoms. The van der Waals surface area contributed by atoms with E-state index in [-0.39, 0.29) is 11.6 Å². The van der Waals surface area contributed by atoms with Crippen molar-refractivity contribution in [3.8, 4) is 0 Å². The Bertz CT molecular complexity index is 577. The van der Waals surface area contributed by atoms with Crippen LogP contribution in [0.3, 0.4) is 0 Å². The van der Waals surface area contributed by atoms with E-state index >= 15 is 0 Å². The molecule has 2 N–H and O–H groups in total. The highest BCUT2D eigenvalue weighted by Gasteiger charge is 2.08. The summed E-state index contributed by atoms with van der Waals surface area (Å²) in [5, 5.41) is 11.7. The SMILES string of the molecule is Cc1cc(NCc2ccc(C(=O)O)o2)ccc1F. The number of nitrogens with one attached hydrogen (secondary N) is 1. The smallest absolute Gasteiger partial charge is 0.371 e. The van der Waals surface area contributed by atoms with Crippen molar-refractivity contribution in [3.63, 3.8) is 0 Å². The molecule has 0 aliphatic carbocycles. The molecule has 0 atom stereocenters. The number of hydrogen-bond donors (Lipinski definition) is 2. The number of aromatic carboxylic acids is 1. The molecular weight excluding hydrogens is 237 g/mol. The maximum atomic E-state index is 13.0. The van der Waals surface area contributed by atoms with Crippen molar-refractivity contribution in [1.29, 1.82) is 0 Å². The van der Waals surface area contributed by atoms with Gasteiger partial charge in [-0.15, -0.1) is 0 Å². The Kier molecular flexibility index (Phi) is 3.32. The van der Waals surface area contributed by atoms with Gasteiger partial charge in [-0.3, -0.25) is 0 Å².